The summed E-state index contributed by atoms with van der Waals surface area (Å²) in [5.41, 5.74) is 1.06. The molecule has 1 aliphatic rings. The molecule has 138 valence electrons. The van der Waals surface area contributed by atoms with Gasteiger partial charge in [-0.15, -0.1) is 0 Å². The quantitative estimate of drug-likeness (QED) is 0.355. The normalized spacial score (nSPS) is 14.1. The molecule has 0 bridgehead atoms. The molecule has 3 N–H and O–H groups in total. The average Bonchev–Trinajstić information content (AvgIpc) is 3.42. The van der Waals surface area contributed by atoms with Crippen molar-refractivity contribution >= 4 is 23.5 Å². The summed E-state index contributed by atoms with van der Waals surface area (Å²) in [5.74, 6) is 1.62. The minimum atomic E-state index is 0.140. The fourth-order valence-corrected chi connectivity index (χ4v) is 2.64. The molecule has 0 aliphatic heterocycles. The second kappa shape index (κ2) is 10.1. The van der Waals surface area contributed by atoms with Crippen LogP contribution in [0.1, 0.15) is 31.2 Å². The van der Waals surface area contributed by atoms with Crippen LogP contribution >= 0.6 is 11.6 Å². The predicted molar refractivity (Wildman–Crippen MR) is 101 cm³/mol. The predicted octanol–water partition coefficient (Wildman–Crippen LogP) is 2.11. The number of aliphatic imine (C=N–C) groups is 1. The molecule has 1 aliphatic carbocycles. The molecule has 0 heterocycles. The molecule has 1 saturated carbocycles. The summed E-state index contributed by atoms with van der Waals surface area (Å²) in [6, 6.07) is 6.12. The van der Waals surface area contributed by atoms with Gasteiger partial charge < -0.3 is 20.7 Å². The monoisotopic (exact) mass is 366 g/mol. The van der Waals surface area contributed by atoms with E-state index in [-0.39, 0.29) is 5.91 Å². The molecule has 0 spiro atoms. The molecule has 1 amide bonds. The number of halogens is 1. The second-order valence-electron chi connectivity index (χ2n) is 6.08. The van der Waals surface area contributed by atoms with Crippen molar-refractivity contribution in [1.82, 2.24) is 16.0 Å². The molecule has 7 heteroatoms. The topological polar surface area (TPSA) is 74.8 Å². The van der Waals surface area contributed by atoms with Gasteiger partial charge in [-0.1, -0.05) is 17.7 Å². The highest BCUT2D eigenvalue weighted by Gasteiger charge is 2.22. The molecular weight excluding hydrogens is 340 g/mol. The molecule has 0 aromatic heterocycles. The maximum Gasteiger partial charge on any atom is 0.220 e. The van der Waals surface area contributed by atoms with Crippen molar-refractivity contribution in [3.8, 4) is 5.75 Å². The van der Waals surface area contributed by atoms with Crippen molar-refractivity contribution in [3.63, 3.8) is 0 Å². The lowest BCUT2D eigenvalue weighted by Gasteiger charge is -2.12. The van der Waals surface area contributed by atoms with Gasteiger partial charge >= 0.3 is 0 Å². The maximum absolute atomic E-state index is 11.6. The van der Waals surface area contributed by atoms with E-state index < -0.39 is 0 Å². The zero-order chi connectivity index (χ0) is 18.1. The molecule has 2 rings (SSSR count). The zero-order valence-corrected chi connectivity index (χ0v) is 15.7. The molecule has 6 nitrogen and oxygen atoms in total. The van der Waals surface area contributed by atoms with E-state index in [4.69, 9.17) is 16.3 Å². The summed E-state index contributed by atoms with van der Waals surface area (Å²) in [6.07, 6.45) is 4.36. The number of ether oxygens (including phenoxy) is 1. The van der Waals surface area contributed by atoms with Crippen LogP contribution in [0.2, 0.25) is 5.02 Å². The fraction of sp³-hybridized carbons (Fsp3) is 0.556. The Morgan fingerprint density at radius 1 is 1.32 bits per heavy atom. The molecule has 1 aromatic carbocycles. The molecule has 0 saturated heterocycles. The van der Waals surface area contributed by atoms with Gasteiger partial charge in [0.15, 0.2) is 5.96 Å². The fourth-order valence-electron chi connectivity index (χ4n) is 2.38. The number of carbonyl (C=O) groups is 1. The lowest BCUT2D eigenvalue weighted by molar-refractivity contribution is -0.121. The van der Waals surface area contributed by atoms with E-state index in [1.165, 1.54) is 0 Å². The Kier molecular flexibility index (Phi) is 7.85. The van der Waals surface area contributed by atoms with Crippen LogP contribution in [0.4, 0.5) is 0 Å². The van der Waals surface area contributed by atoms with Crippen molar-refractivity contribution in [1.29, 1.82) is 0 Å². The molecule has 1 fully saturated rings. The molecule has 1 aromatic rings. The van der Waals surface area contributed by atoms with Gasteiger partial charge in [0.2, 0.25) is 5.91 Å². The van der Waals surface area contributed by atoms with Gasteiger partial charge in [-0.2, -0.15) is 0 Å². The van der Waals surface area contributed by atoms with Gasteiger partial charge in [-0.25, -0.2) is 0 Å². The van der Waals surface area contributed by atoms with Crippen molar-refractivity contribution in [2.45, 2.75) is 38.1 Å². The number of hydrogen-bond acceptors (Lipinski definition) is 3. The first-order chi connectivity index (χ1) is 12.1. The third kappa shape index (κ3) is 7.22. The van der Waals surface area contributed by atoms with E-state index in [9.17, 15) is 4.79 Å². The number of rotatable bonds is 9. The molecule has 0 radical (unpaired) electrons. The van der Waals surface area contributed by atoms with Gasteiger partial charge in [0.25, 0.3) is 0 Å². The van der Waals surface area contributed by atoms with Gasteiger partial charge in [0.05, 0.1) is 7.11 Å². The van der Waals surface area contributed by atoms with E-state index >= 15 is 0 Å². The summed E-state index contributed by atoms with van der Waals surface area (Å²) in [7, 11) is 3.35. The summed E-state index contributed by atoms with van der Waals surface area (Å²) in [5, 5.41) is 10.2. The number of methoxy groups -OCH3 is 1. The number of nitrogens with one attached hydrogen (secondary N) is 3. The van der Waals surface area contributed by atoms with E-state index in [0.717, 1.165) is 43.0 Å². The Hall–Kier alpha value is -1.95. The third-order valence-electron chi connectivity index (χ3n) is 3.99. The number of guanidine groups is 1. The van der Waals surface area contributed by atoms with Crippen molar-refractivity contribution < 1.29 is 9.53 Å². The van der Waals surface area contributed by atoms with Crippen LogP contribution in [-0.4, -0.2) is 45.2 Å². The Morgan fingerprint density at radius 3 is 2.72 bits per heavy atom. The highest BCUT2D eigenvalue weighted by Crippen LogP contribution is 2.22. The van der Waals surface area contributed by atoms with E-state index in [1.54, 1.807) is 14.2 Å². The summed E-state index contributed by atoms with van der Waals surface area (Å²) < 4.78 is 5.15. The van der Waals surface area contributed by atoms with E-state index in [1.807, 2.05) is 18.2 Å². The van der Waals surface area contributed by atoms with Crippen molar-refractivity contribution in [3.05, 3.63) is 28.8 Å². The Labute approximate surface area is 154 Å². The van der Waals surface area contributed by atoms with Crippen LogP contribution < -0.4 is 20.7 Å². The van der Waals surface area contributed by atoms with Crippen LogP contribution in [0.15, 0.2) is 23.2 Å². The second-order valence-corrected chi connectivity index (χ2v) is 6.49. The van der Waals surface area contributed by atoms with Crippen LogP contribution in [0, 0.1) is 0 Å². The minimum Gasteiger partial charge on any atom is -0.497 e. The van der Waals surface area contributed by atoms with Gasteiger partial charge in [-0.05, 0) is 43.4 Å². The molecule has 0 atom stereocenters. The maximum atomic E-state index is 11.6. The van der Waals surface area contributed by atoms with E-state index in [2.05, 4.69) is 20.9 Å². The largest absolute Gasteiger partial charge is 0.497 e. The van der Waals surface area contributed by atoms with E-state index in [0.29, 0.717) is 30.6 Å². The number of benzene rings is 1. The zero-order valence-electron chi connectivity index (χ0n) is 14.9. The first-order valence-electron chi connectivity index (χ1n) is 8.68. The van der Waals surface area contributed by atoms with Crippen LogP contribution in [-0.2, 0) is 11.2 Å². The lowest BCUT2D eigenvalue weighted by Crippen LogP contribution is -2.39. The number of carbonyl (C=O) groups excluding carboxylic acids is 1. The first kappa shape index (κ1) is 19.4. The minimum absolute atomic E-state index is 0.140. The van der Waals surface area contributed by atoms with Gasteiger partial charge in [0.1, 0.15) is 5.75 Å². The Bertz CT molecular complexity index is 603. The number of amides is 1. The Balaban J connectivity index is 1.62. The van der Waals surface area contributed by atoms with Crippen LogP contribution in [0.5, 0.6) is 5.75 Å². The average molecular weight is 367 g/mol. The molecular formula is C18H27ClN4O2. The molecule has 0 unspecified atom stereocenters. The smallest absolute Gasteiger partial charge is 0.220 e. The molecule has 25 heavy (non-hydrogen) atoms. The Morgan fingerprint density at radius 2 is 2.08 bits per heavy atom. The first-order valence-corrected chi connectivity index (χ1v) is 9.06. The number of hydrogen-bond donors (Lipinski definition) is 3. The third-order valence-corrected chi connectivity index (χ3v) is 4.34. The lowest BCUT2D eigenvalue weighted by atomic mass is 10.1. The summed E-state index contributed by atoms with van der Waals surface area (Å²) in [6.45, 7) is 1.43. The SMILES string of the molecule is CN=C(NCCCC(=O)NC1CC1)NCCc1ccc(OC)cc1Cl. The van der Waals surface area contributed by atoms with Crippen molar-refractivity contribution in [2.75, 3.05) is 27.2 Å². The van der Waals surface area contributed by atoms with Crippen LogP contribution in [0.25, 0.3) is 0 Å². The highest BCUT2D eigenvalue weighted by molar-refractivity contribution is 6.31. The summed E-state index contributed by atoms with van der Waals surface area (Å²) >= 11 is 6.24. The standard InChI is InChI=1S/C18H27ClN4O2/c1-20-18(21-10-3-4-17(24)23-14-6-7-14)22-11-9-13-5-8-15(25-2)12-16(13)19/h5,8,12,14H,3-4,6-7,9-11H2,1-2H3,(H,23,24)(H2,20,21,22). The number of nitrogens with zero attached hydrogens (tertiary/aromatic N) is 1. The van der Waals surface area contributed by atoms with Gasteiger partial charge in [-0.3, -0.25) is 9.79 Å². The van der Waals surface area contributed by atoms with Crippen LogP contribution in [0.3, 0.4) is 0 Å². The van der Waals surface area contributed by atoms with Crippen molar-refractivity contribution in [2.24, 2.45) is 4.99 Å². The highest BCUT2D eigenvalue weighted by atomic mass is 35.5. The summed E-state index contributed by atoms with van der Waals surface area (Å²) in [4.78, 5) is 15.8. The van der Waals surface area contributed by atoms with Gasteiger partial charge in [0, 0.05) is 37.6 Å².